The van der Waals surface area contributed by atoms with Gasteiger partial charge in [0.2, 0.25) is 0 Å². The highest BCUT2D eigenvalue weighted by atomic mass is 16.6. The Kier molecular flexibility index (Phi) is 4.57. The molecule has 2 aromatic carbocycles. The number of aryl methyl sites for hydroxylation is 1. The van der Waals surface area contributed by atoms with E-state index < -0.39 is 0 Å². The molecule has 0 radical (unpaired) electrons. The SMILES string of the molecule is Cc1ccc(NC(=O)c2ccc(Nc3ccc4c(c3)OCCO4)nn2)cc1. The van der Waals surface area contributed by atoms with E-state index in [9.17, 15) is 4.79 Å². The van der Waals surface area contributed by atoms with Crippen molar-refractivity contribution in [3.63, 3.8) is 0 Å². The van der Waals surface area contributed by atoms with Crippen LogP contribution in [0.4, 0.5) is 17.2 Å². The lowest BCUT2D eigenvalue weighted by Gasteiger charge is -2.19. The van der Waals surface area contributed by atoms with Gasteiger partial charge in [-0.15, -0.1) is 10.2 Å². The van der Waals surface area contributed by atoms with Gasteiger partial charge in [0.25, 0.3) is 5.91 Å². The van der Waals surface area contributed by atoms with Gasteiger partial charge >= 0.3 is 0 Å². The Balaban J connectivity index is 1.42. The standard InChI is InChI=1S/C20H18N4O3/c1-13-2-4-14(5-3-13)22-20(25)16-7-9-19(24-23-16)21-15-6-8-17-18(12-15)27-11-10-26-17/h2-9,12H,10-11H2,1H3,(H,21,24)(H,22,25). The summed E-state index contributed by atoms with van der Waals surface area (Å²) < 4.78 is 11.1. The van der Waals surface area contributed by atoms with Crippen molar-refractivity contribution in [2.75, 3.05) is 23.8 Å². The van der Waals surface area contributed by atoms with E-state index in [1.54, 1.807) is 12.1 Å². The lowest BCUT2D eigenvalue weighted by Crippen LogP contribution is -2.15. The van der Waals surface area contributed by atoms with Crippen LogP contribution < -0.4 is 20.1 Å². The molecule has 27 heavy (non-hydrogen) atoms. The first-order valence-corrected chi connectivity index (χ1v) is 8.56. The number of aromatic nitrogens is 2. The molecule has 2 heterocycles. The van der Waals surface area contributed by atoms with Gasteiger partial charge in [-0.25, -0.2) is 0 Å². The Hall–Kier alpha value is -3.61. The zero-order chi connectivity index (χ0) is 18.6. The zero-order valence-corrected chi connectivity index (χ0v) is 14.7. The van der Waals surface area contributed by atoms with Crippen LogP contribution in [0.5, 0.6) is 11.5 Å². The summed E-state index contributed by atoms with van der Waals surface area (Å²) in [5, 5.41) is 14.0. The second-order valence-electron chi connectivity index (χ2n) is 6.11. The Morgan fingerprint density at radius 1 is 0.889 bits per heavy atom. The number of benzene rings is 2. The van der Waals surface area contributed by atoms with E-state index in [-0.39, 0.29) is 11.6 Å². The molecule has 0 fully saturated rings. The number of ether oxygens (including phenoxy) is 2. The van der Waals surface area contributed by atoms with Crippen LogP contribution in [0.25, 0.3) is 0 Å². The molecule has 0 unspecified atom stereocenters. The van der Waals surface area contributed by atoms with Crippen LogP contribution in [-0.4, -0.2) is 29.3 Å². The maximum Gasteiger partial charge on any atom is 0.276 e. The van der Waals surface area contributed by atoms with Crippen LogP contribution >= 0.6 is 0 Å². The van der Waals surface area contributed by atoms with Crippen molar-refractivity contribution in [1.82, 2.24) is 10.2 Å². The van der Waals surface area contributed by atoms with Crippen molar-refractivity contribution in [2.24, 2.45) is 0 Å². The van der Waals surface area contributed by atoms with Gasteiger partial charge in [-0.2, -0.15) is 0 Å². The molecule has 0 bridgehead atoms. The van der Waals surface area contributed by atoms with Crippen molar-refractivity contribution in [3.8, 4) is 11.5 Å². The lowest BCUT2D eigenvalue weighted by molar-refractivity contribution is 0.102. The van der Waals surface area contributed by atoms with Crippen LogP contribution in [-0.2, 0) is 0 Å². The highest BCUT2D eigenvalue weighted by Gasteiger charge is 2.13. The number of nitrogens with zero attached hydrogens (tertiary/aromatic N) is 2. The molecule has 1 amide bonds. The molecule has 3 aromatic rings. The van der Waals surface area contributed by atoms with E-state index in [1.807, 2.05) is 49.4 Å². The van der Waals surface area contributed by atoms with E-state index in [0.29, 0.717) is 30.5 Å². The van der Waals surface area contributed by atoms with Crippen molar-refractivity contribution in [3.05, 3.63) is 65.9 Å². The van der Waals surface area contributed by atoms with E-state index in [1.165, 1.54) is 0 Å². The van der Waals surface area contributed by atoms with Crippen LogP contribution in [0.1, 0.15) is 16.1 Å². The van der Waals surface area contributed by atoms with Gasteiger partial charge in [0.1, 0.15) is 13.2 Å². The number of anilines is 3. The maximum atomic E-state index is 12.3. The summed E-state index contributed by atoms with van der Waals surface area (Å²) in [4.78, 5) is 12.3. The summed E-state index contributed by atoms with van der Waals surface area (Å²) in [5.41, 5.74) is 2.88. The number of rotatable bonds is 4. The van der Waals surface area contributed by atoms with Crippen molar-refractivity contribution >= 4 is 23.1 Å². The molecular formula is C20H18N4O3. The molecule has 4 rings (SSSR count). The van der Waals surface area contributed by atoms with Crippen molar-refractivity contribution < 1.29 is 14.3 Å². The predicted octanol–water partition coefficient (Wildman–Crippen LogP) is 3.55. The molecule has 2 N–H and O–H groups in total. The minimum atomic E-state index is -0.308. The van der Waals surface area contributed by atoms with Gasteiger partial charge in [0.05, 0.1) is 0 Å². The average Bonchev–Trinajstić information content (AvgIpc) is 2.70. The lowest BCUT2D eigenvalue weighted by atomic mass is 10.2. The number of hydrogen-bond acceptors (Lipinski definition) is 6. The molecule has 0 saturated heterocycles. The summed E-state index contributed by atoms with van der Waals surface area (Å²) in [5.74, 6) is 1.63. The summed E-state index contributed by atoms with van der Waals surface area (Å²) in [6, 6.07) is 16.4. The summed E-state index contributed by atoms with van der Waals surface area (Å²) in [6.45, 7) is 3.07. The third-order valence-corrected chi connectivity index (χ3v) is 4.02. The van der Waals surface area contributed by atoms with E-state index in [0.717, 1.165) is 17.0 Å². The number of fused-ring (bicyclic) bond motifs is 1. The fraction of sp³-hybridized carbons (Fsp3) is 0.150. The van der Waals surface area contributed by atoms with Crippen LogP contribution in [0.2, 0.25) is 0 Å². The fourth-order valence-corrected chi connectivity index (χ4v) is 2.62. The smallest absolute Gasteiger partial charge is 0.276 e. The van der Waals surface area contributed by atoms with Crippen LogP contribution in [0, 0.1) is 6.92 Å². The Labute approximate surface area is 156 Å². The normalized spacial score (nSPS) is 12.3. The second kappa shape index (κ2) is 7.33. The van der Waals surface area contributed by atoms with Gasteiger partial charge in [0.15, 0.2) is 23.0 Å². The maximum absolute atomic E-state index is 12.3. The summed E-state index contributed by atoms with van der Waals surface area (Å²) in [7, 11) is 0. The number of hydrogen-bond donors (Lipinski definition) is 2. The molecule has 1 aliphatic rings. The number of nitrogens with one attached hydrogen (secondary N) is 2. The third kappa shape index (κ3) is 3.98. The highest BCUT2D eigenvalue weighted by molar-refractivity contribution is 6.02. The van der Waals surface area contributed by atoms with Crippen molar-refractivity contribution in [2.45, 2.75) is 6.92 Å². The first-order valence-electron chi connectivity index (χ1n) is 8.56. The van der Waals surface area contributed by atoms with Gasteiger partial charge in [0, 0.05) is 17.4 Å². The molecule has 0 aliphatic carbocycles. The molecule has 0 atom stereocenters. The fourth-order valence-electron chi connectivity index (χ4n) is 2.62. The van der Waals surface area contributed by atoms with Crippen LogP contribution in [0.3, 0.4) is 0 Å². The van der Waals surface area contributed by atoms with Gasteiger partial charge in [-0.3, -0.25) is 4.79 Å². The Morgan fingerprint density at radius 2 is 1.63 bits per heavy atom. The van der Waals surface area contributed by atoms with Gasteiger partial charge in [-0.1, -0.05) is 17.7 Å². The first-order chi connectivity index (χ1) is 13.2. The van der Waals surface area contributed by atoms with Crippen molar-refractivity contribution in [1.29, 1.82) is 0 Å². The molecular weight excluding hydrogens is 344 g/mol. The van der Waals surface area contributed by atoms with Crippen LogP contribution in [0.15, 0.2) is 54.6 Å². The molecule has 1 aliphatic heterocycles. The minimum Gasteiger partial charge on any atom is -0.486 e. The highest BCUT2D eigenvalue weighted by Crippen LogP contribution is 2.33. The summed E-state index contributed by atoms with van der Waals surface area (Å²) >= 11 is 0. The predicted molar refractivity (Wildman–Crippen MR) is 102 cm³/mol. The monoisotopic (exact) mass is 362 g/mol. The van der Waals surface area contributed by atoms with Gasteiger partial charge in [-0.05, 0) is 43.3 Å². The Bertz CT molecular complexity index is 956. The van der Waals surface area contributed by atoms with E-state index in [2.05, 4.69) is 20.8 Å². The average molecular weight is 362 g/mol. The molecule has 7 nitrogen and oxygen atoms in total. The number of carbonyl (C=O) groups excluding carboxylic acids is 1. The zero-order valence-electron chi connectivity index (χ0n) is 14.7. The molecule has 0 saturated carbocycles. The topological polar surface area (TPSA) is 85.4 Å². The second-order valence-corrected chi connectivity index (χ2v) is 6.11. The number of carbonyl (C=O) groups is 1. The van der Waals surface area contributed by atoms with Gasteiger partial charge < -0.3 is 20.1 Å². The molecule has 7 heteroatoms. The largest absolute Gasteiger partial charge is 0.486 e. The summed E-state index contributed by atoms with van der Waals surface area (Å²) in [6.07, 6.45) is 0. The Morgan fingerprint density at radius 3 is 2.37 bits per heavy atom. The minimum absolute atomic E-state index is 0.239. The molecule has 1 aromatic heterocycles. The molecule has 136 valence electrons. The van der Waals surface area contributed by atoms with E-state index in [4.69, 9.17) is 9.47 Å². The number of amides is 1. The van der Waals surface area contributed by atoms with E-state index >= 15 is 0 Å². The third-order valence-electron chi connectivity index (χ3n) is 4.02. The molecule has 0 spiro atoms. The quantitative estimate of drug-likeness (QED) is 0.738. The first kappa shape index (κ1) is 16.8.